The summed E-state index contributed by atoms with van der Waals surface area (Å²) in [6.07, 6.45) is 2.25. The number of rotatable bonds is 6. The lowest BCUT2D eigenvalue weighted by Crippen LogP contribution is -2.53. The highest BCUT2D eigenvalue weighted by Gasteiger charge is 2.41. The predicted molar refractivity (Wildman–Crippen MR) is 77.2 cm³/mol. The molecule has 1 aromatic carbocycles. The molecule has 1 fully saturated rings. The van der Waals surface area contributed by atoms with Gasteiger partial charge in [0.15, 0.2) is 11.5 Å². The third-order valence-electron chi connectivity index (χ3n) is 3.95. The molecule has 1 aliphatic carbocycles. The maximum atomic E-state index is 12.4. The van der Waals surface area contributed by atoms with Crippen LogP contribution in [0.5, 0.6) is 11.5 Å². The number of carbonyl (C=O) groups is 1. The van der Waals surface area contributed by atoms with Crippen molar-refractivity contribution >= 4 is 5.91 Å². The van der Waals surface area contributed by atoms with E-state index in [0.29, 0.717) is 29.5 Å². The van der Waals surface area contributed by atoms with Gasteiger partial charge in [0.2, 0.25) is 0 Å². The van der Waals surface area contributed by atoms with Crippen LogP contribution in [0.2, 0.25) is 0 Å². The average Bonchev–Trinajstić information content (AvgIpc) is 3.31. The first-order valence-corrected chi connectivity index (χ1v) is 6.78. The van der Waals surface area contributed by atoms with Gasteiger partial charge in [0.1, 0.15) is 0 Å². The van der Waals surface area contributed by atoms with Crippen LogP contribution >= 0.6 is 0 Å². The van der Waals surface area contributed by atoms with Crippen LogP contribution in [0.1, 0.15) is 30.1 Å². The van der Waals surface area contributed by atoms with Crippen molar-refractivity contribution in [2.75, 3.05) is 20.8 Å². The SMILES string of the molecule is COc1ccc(C(=O)NC(C)(CN)C2CC2)cc1OC. The topological polar surface area (TPSA) is 73.6 Å². The Kier molecular flexibility index (Phi) is 4.18. The van der Waals surface area contributed by atoms with Crippen molar-refractivity contribution < 1.29 is 14.3 Å². The zero-order valence-corrected chi connectivity index (χ0v) is 12.2. The zero-order chi connectivity index (χ0) is 14.8. The largest absolute Gasteiger partial charge is 0.493 e. The van der Waals surface area contributed by atoms with Gasteiger partial charge >= 0.3 is 0 Å². The van der Waals surface area contributed by atoms with Gasteiger partial charge in [-0.15, -0.1) is 0 Å². The molecule has 1 saturated carbocycles. The lowest BCUT2D eigenvalue weighted by molar-refractivity contribution is 0.0897. The smallest absolute Gasteiger partial charge is 0.251 e. The molecule has 0 spiro atoms. The minimum atomic E-state index is -0.329. The molecular weight excluding hydrogens is 256 g/mol. The number of nitrogens with two attached hydrogens (primary N) is 1. The van der Waals surface area contributed by atoms with E-state index in [4.69, 9.17) is 15.2 Å². The average molecular weight is 278 g/mol. The van der Waals surface area contributed by atoms with E-state index in [-0.39, 0.29) is 11.4 Å². The molecule has 110 valence electrons. The lowest BCUT2D eigenvalue weighted by atomic mass is 9.95. The van der Waals surface area contributed by atoms with Crippen molar-refractivity contribution in [3.63, 3.8) is 0 Å². The molecule has 0 bridgehead atoms. The highest BCUT2D eigenvalue weighted by Crippen LogP contribution is 2.39. The highest BCUT2D eigenvalue weighted by molar-refractivity contribution is 5.95. The zero-order valence-electron chi connectivity index (χ0n) is 12.2. The molecule has 1 atom stereocenters. The van der Waals surface area contributed by atoms with E-state index in [1.807, 2.05) is 6.92 Å². The summed E-state index contributed by atoms with van der Waals surface area (Å²) >= 11 is 0. The van der Waals surface area contributed by atoms with Gasteiger partial charge in [-0.05, 0) is 43.9 Å². The van der Waals surface area contributed by atoms with E-state index in [1.165, 1.54) is 0 Å². The van der Waals surface area contributed by atoms with E-state index >= 15 is 0 Å². The summed E-state index contributed by atoms with van der Waals surface area (Å²) in [4.78, 5) is 12.4. The summed E-state index contributed by atoms with van der Waals surface area (Å²) in [6.45, 7) is 2.44. The van der Waals surface area contributed by atoms with Crippen LogP contribution in [0, 0.1) is 5.92 Å². The van der Waals surface area contributed by atoms with Gasteiger partial charge in [-0.25, -0.2) is 0 Å². The molecule has 0 heterocycles. The fourth-order valence-electron chi connectivity index (χ4n) is 2.35. The normalized spacial score (nSPS) is 17.2. The molecule has 1 unspecified atom stereocenters. The summed E-state index contributed by atoms with van der Waals surface area (Å²) in [5.74, 6) is 1.50. The Balaban J connectivity index is 2.16. The van der Waals surface area contributed by atoms with E-state index < -0.39 is 0 Å². The highest BCUT2D eigenvalue weighted by atomic mass is 16.5. The van der Waals surface area contributed by atoms with Gasteiger partial charge in [-0.2, -0.15) is 0 Å². The van der Waals surface area contributed by atoms with Crippen LogP contribution in [0.15, 0.2) is 18.2 Å². The van der Waals surface area contributed by atoms with Crippen LogP contribution in [-0.2, 0) is 0 Å². The summed E-state index contributed by atoms with van der Waals surface area (Å²) in [7, 11) is 3.11. The standard InChI is InChI=1S/C15H22N2O3/c1-15(9-16,11-5-6-11)17-14(18)10-4-7-12(19-2)13(8-10)20-3/h4,7-8,11H,5-6,9,16H2,1-3H3,(H,17,18). The Morgan fingerprint density at radius 2 is 2.00 bits per heavy atom. The fourth-order valence-corrected chi connectivity index (χ4v) is 2.35. The molecule has 5 nitrogen and oxygen atoms in total. The van der Waals surface area contributed by atoms with Crippen LogP contribution in [0.25, 0.3) is 0 Å². The minimum absolute atomic E-state index is 0.134. The van der Waals surface area contributed by atoms with Crippen molar-refractivity contribution in [2.45, 2.75) is 25.3 Å². The van der Waals surface area contributed by atoms with Crippen molar-refractivity contribution in [3.05, 3.63) is 23.8 Å². The number of hydrogen-bond acceptors (Lipinski definition) is 4. The summed E-state index contributed by atoms with van der Waals surface area (Å²) in [6, 6.07) is 5.13. The lowest BCUT2D eigenvalue weighted by Gasteiger charge is -2.29. The molecule has 2 rings (SSSR count). The van der Waals surface area contributed by atoms with Gasteiger partial charge in [-0.1, -0.05) is 0 Å². The Morgan fingerprint density at radius 3 is 2.50 bits per heavy atom. The summed E-state index contributed by atoms with van der Waals surface area (Å²) < 4.78 is 10.4. The molecule has 1 aromatic rings. The Morgan fingerprint density at radius 1 is 1.35 bits per heavy atom. The molecule has 0 aromatic heterocycles. The minimum Gasteiger partial charge on any atom is -0.493 e. The molecule has 0 aliphatic heterocycles. The molecule has 1 amide bonds. The molecule has 0 saturated heterocycles. The predicted octanol–water partition coefficient (Wildman–Crippen LogP) is 1.56. The number of amides is 1. The first-order chi connectivity index (χ1) is 9.54. The maximum Gasteiger partial charge on any atom is 0.251 e. The van der Waals surface area contributed by atoms with E-state index in [9.17, 15) is 4.79 Å². The fraction of sp³-hybridized carbons (Fsp3) is 0.533. The van der Waals surface area contributed by atoms with Gasteiger partial charge < -0.3 is 20.5 Å². The summed E-state index contributed by atoms with van der Waals surface area (Å²) in [5.41, 5.74) is 6.03. The van der Waals surface area contributed by atoms with E-state index in [2.05, 4.69) is 5.32 Å². The van der Waals surface area contributed by atoms with Crippen molar-refractivity contribution in [3.8, 4) is 11.5 Å². The number of methoxy groups -OCH3 is 2. The van der Waals surface area contributed by atoms with Crippen molar-refractivity contribution in [1.82, 2.24) is 5.32 Å². The van der Waals surface area contributed by atoms with Crippen molar-refractivity contribution in [1.29, 1.82) is 0 Å². The molecule has 20 heavy (non-hydrogen) atoms. The Bertz CT molecular complexity index is 500. The van der Waals surface area contributed by atoms with Crippen LogP contribution in [0.4, 0.5) is 0 Å². The number of ether oxygens (including phenoxy) is 2. The third kappa shape index (κ3) is 2.88. The summed E-state index contributed by atoms with van der Waals surface area (Å²) in [5, 5.41) is 3.05. The molecule has 3 N–H and O–H groups in total. The van der Waals surface area contributed by atoms with Crippen LogP contribution in [-0.4, -0.2) is 32.2 Å². The number of hydrogen-bond donors (Lipinski definition) is 2. The molecule has 5 heteroatoms. The van der Waals surface area contributed by atoms with Crippen LogP contribution < -0.4 is 20.5 Å². The first kappa shape index (κ1) is 14.7. The van der Waals surface area contributed by atoms with Gasteiger partial charge in [0.05, 0.1) is 19.8 Å². The van der Waals surface area contributed by atoms with Gasteiger partial charge in [-0.3, -0.25) is 4.79 Å². The molecule has 1 aliphatic rings. The number of carbonyl (C=O) groups excluding carboxylic acids is 1. The third-order valence-corrected chi connectivity index (χ3v) is 3.95. The van der Waals surface area contributed by atoms with E-state index in [1.54, 1.807) is 32.4 Å². The monoisotopic (exact) mass is 278 g/mol. The van der Waals surface area contributed by atoms with Gasteiger partial charge in [0, 0.05) is 12.1 Å². The van der Waals surface area contributed by atoms with Gasteiger partial charge in [0.25, 0.3) is 5.91 Å². The van der Waals surface area contributed by atoms with E-state index in [0.717, 1.165) is 12.8 Å². The molecule has 0 radical (unpaired) electrons. The van der Waals surface area contributed by atoms with Crippen LogP contribution in [0.3, 0.4) is 0 Å². The quantitative estimate of drug-likeness (QED) is 0.828. The number of benzene rings is 1. The first-order valence-electron chi connectivity index (χ1n) is 6.78. The second-order valence-electron chi connectivity index (χ2n) is 5.42. The number of nitrogens with one attached hydrogen (secondary N) is 1. The molecular formula is C15H22N2O3. The Labute approximate surface area is 119 Å². The second kappa shape index (κ2) is 5.71. The Hall–Kier alpha value is -1.75. The maximum absolute atomic E-state index is 12.4. The van der Waals surface area contributed by atoms with Crippen molar-refractivity contribution in [2.24, 2.45) is 11.7 Å². The second-order valence-corrected chi connectivity index (χ2v) is 5.42.